The molecule has 0 aliphatic carbocycles. The molecule has 0 bridgehead atoms. The van der Waals surface area contributed by atoms with E-state index in [0.717, 1.165) is 39.8 Å². The minimum absolute atomic E-state index is 0.0416. The highest BCUT2D eigenvalue weighted by atomic mass is 32.2. The lowest BCUT2D eigenvalue weighted by Gasteiger charge is -2.24. The summed E-state index contributed by atoms with van der Waals surface area (Å²) < 4.78 is 48.0. The van der Waals surface area contributed by atoms with Crippen LogP contribution < -0.4 is 25.3 Å². The molecule has 0 aromatic heterocycles. The van der Waals surface area contributed by atoms with Crippen LogP contribution >= 0.6 is 0 Å². The molecule has 0 saturated carbocycles. The molecule has 10 nitrogen and oxygen atoms in total. The molecule has 0 spiro atoms. The van der Waals surface area contributed by atoms with Crippen molar-refractivity contribution in [2.75, 3.05) is 38.9 Å². The van der Waals surface area contributed by atoms with Gasteiger partial charge in [0, 0.05) is 24.4 Å². The summed E-state index contributed by atoms with van der Waals surface area (Å²) in [6.45, 7) is 8.88. The van der Waals surface area contributed by atoms with E-state index in [1.54, 1.807) is 19.1 Å². The van der Waals surface area contributed by atoms with Crippen molar-refractivity contribution in [3.63, 3.8) is 0 Å². The standard InChI is InChI=1S/C37H44N2O8S/c1-7-45-32-21-27(13-14-29(32)37(41)44-5)28-19-23(2)35(24(3)20-28)46-18-17-39-25(4)34(40)30-15-16-31(36(33(30)38)48(6,42)43)47-22-26-11-9-8-10-12-26/h8-16,19-21,25,34,39-40H,7,17-18,22,38H2,1-6H3/t25-,34-/m0/s1. The molecule has 4 rings (SSSR count). The molecule has 4 N–H and O–H groups in total. The first-order valence-corrected chi connectivity index (χ1v) is 17.5. The Labute approximate surface area is 282 Å². The number of methoxy groups -OCH3 is 1. The van der Waals surface area contributed by atoms with Crippen molar-refractivity contribution in [2.45, 2.75) is 51.3 Å². The topological polar surface area (TPSA) is 146 Å². The molecular formula is C37H44N2O8S. The zero-order valence-electron chi connectivity index (χ0n) is 28.2. The summed E-state index contributed by atoms with van der Waals surface area (Å²) >= 11 is 0. The van der Waals surface area contributed by atoms with Gasteiger partial charge in [-0.1, -0.05) is 42.5 Å². The van der Waals surface area contributed by atoms with Gasteiger partial charge in [-0.15, -0.1) is 0 Å². The number of hydrogen-bond acceptors (Lipinski definition) is 10. The first-order chi connectivity index (χ1) is 22.8. The first kappa shape index (κ1) is 36.3. The fourth-order valence-corrected chi connectivity index (χ4v) is 6.51. The highest BCUT2D eigenvalue weighted by Gasteiger charge is 2.26. The number of carbonyl (C=O) groups excluding carboxylic acids is 1. The second kappa shape index (κ2) is 16.0. The number of nitrogens with one attached hydrogen (secondary N) is 1. The van der Waals surface area contributed by atoms with Crippen LogP contribution in [0.4, 0.5) is 5.69 Å². The molecule has 0 radical (unpaired) electrons. The Morgan fingerprint density at radius 3 is 2.23 bits per heavy atom. The number of aryl methyl sites for hydroxylation is 2. The normalized spacial score (nSPS) is 12.6. The van der Waals surface area contributed by atoms with E-state index in [1.807, 2.05) is 75.4 Å². The van der Waals surface area contributed by atoms with Crippen molar-refractivity contribution < 1.29 is 37.3 Å². The van der Waals surface area contributed by atoms with E-state index in [2.05, 4.69) is 5.32 Å². The van der Waals surface area contributed by atoms with Crippen molar-refractivity contribution in [2.24, 2.45) is 0 Å². The molecule has 0 heterocycles. The van der Waals surface area contributed by atoms with Gasteiger partial charge in [0.1, 0.15) is 40.9 Å². The zero-order valence-corrected chi connectivity index (χ0v) is 29.0. The van der Waals surface area contributed by atoms with Gasteiger partial charge in [-0.05, 0) is 85.8 Å². The number of aliphatic hydroxyl groups is 1. The van der Waals surface area contributed by atoms with Gasteiger partial charge in [0.05, 0.1) is 25.5 Å². The maximum Gasteiger partial charge on any atom is 0.341 e. The number of sulfone groups is 1. The summed E-state index contributed by atoms with van der Waals surface area (Å²) in [5, 5.41) is 14.4. The highest BCUT2D eigenvalue weighted by Crippen LogP contribution is 2.37. The van der Waals surface area contributed by atoms with E-state index < -0.39 is 28.0 Å². The van der Waals surface area contributed by atoms with Gasteiger partial charge in [-0.3, -0.25) is 0 Å². The lowest BCUT2D eigenvalue weighted by atomic mass is 9.98. The molecule has 0 aliphatic rings. The Bertz CT molecular complexity index is 1820. The van der Waals surface area contributed by atoms with Crippen molar-refractivity contribution in [1.82, 2.24) is 5.32 Å². The molecule has 0 saturated heterocycles. The van der Waals surface area contributed by atoms with Crippen LogP contribution in [0.15, 0.2) is 77.7 Å². The smallest absolute Gasteiger partial charge is 0.341 e. The number of aliphatic hydroxyl groups excluding tert-OH is 1. The van der Waals surface area contributed by atoms with Crippen LogP contribution in [0.1, 0.15) is 52.6 Å². The SMILES string of the molecule is CCOc1cc(-c2cc(C)c(OCCN[C@@H](C)[C@H](O)c3ccc(OCc4ccccc4)c(S(C)(=O)=O)c3N)c(C)c2)ccc1C(=O)OC. The van der Waals surface area contributed by atoms with Gasteiger partial charge in [0.2, 0.25) is 0 Å². The molecule has 256 valence electrons. The maximum atomic E-state index is 12.7. The molecule has 0 unspecified atom stereocenters. The van der Waals surface area contributed by atoms with Crippen molar-refractivity contribution in [3.8, 4) is 28.4 Å². The summed E-state index contributed by atoms with van der Waals surface area (Å²) in [5.74, 6) is 0.883. The van der Waals surface area contributed by atoms with E-state index in [1.165, 1.54) is 13.2 Å². The predicted molar refractivity (Wildman–Crippen MR) is 187 cm³/mol. The van der Waals surface area contributed by atoms with Gasteiger partial charge in [-0.25, -0.2) is 13.2 Å². The summed E-state index contributed by atoms with van der Waals surface area (Å²) in [7, 11) is -2.43. The molecule has 0 aliphatic heterocycles. The lowest BCUT2D eigenvalue weighted by molar-refractivity contribution is 0.0596. The molecule has 4 aromatic rings. The molecule has 0 fully saturated rings. The number of anilines is 1. The van der Waals surface area contributed by atoms with Gasteiger partial charge in [0.15, 0.2) is 9.84 Å². The van der Waals surface area contributed by atoms with Crippen LogP contribution in [0, 0.1) is 13.8 Å². The number of esters is 1. The molecule has 0 amide bonds. The van der Waals surface area contributed by atoms with Gasteiger partial charge in [-0.2, -0.15) is 0 Å². The second-order valence-corrected chi connectivity index (χ2v) is 13.5. The Kier molecular flexibility index (Phi) is 12.1. The van der Waals surface area contributed by atoms with Gasteiger partial charge < -0.3 is 35.1 Å². The minimum atomic E-state index is -3.77. The maximum absolute atomic E-state index is 12.7. The number of nitrogen functional groups attached to an aromatic ring is 1. The molecular weight excluding hydrogens is 632 g/mol. The lowest BCUT2D eigenvalue weighted by Crippen LogP contribution is -2.35. The number of carbonyl (C=O) groups is 1. The number of nitrogens with two attached hydrogens (primary N) is 1. The fraction of sp³-hybridized carbons (Fsp3) is 0.324. The quantitative estimate of drug-likeness (QED) is 0.0801. The van der Waals surface area contributed by atoms with Crippen LogP contribution in [0.2, 0.25) is 0 Å². The van der Waals surface area contributed by atoms with E-state index in [4.69, 9.17) is 24.7 Å². The fourth-order valence-electron chi connectivity index (χ4n) is 5.50. The monoisotopic (exact) mass is 676 g/mol. The summed E-state index contributed by atoms with van der Waals surface area (Å²) in [5.41, 5.74) is 11.6. The Balaban J connectivity index is 1.41. The van der Waals surface area contributed by atoms with E-state index in [-0.39, 0.29) is 28.5 Å². The predicted octanol–water partition coefficient (Wildman–Crippen LogP) is 5.81. The summed E-state index contributed by atoms with van der Waals surface area (Å²) in [6.07, 6.45) is -0.0258. The average Bonchev–Trinajstić information content (AvgIpc) is 3.05. The Morgan fingerprint density at radius 1 is 0.917 bits per heavy atom. The molecule has 4 aromatic carbocycles. The van der Waals surface area contributed by atoms with Crippen LogP contribution in [0.25, 0.3) is 11.1 Å². The zero-order chi connectivity index (χ0) is 35.0. The van der Waals surface area contributed by atoms with Crippen LogP contribution in [0.3, 0.4) is 0 Å². The summed E-state index contributed by atoms with van der Waals surface area (Å²) in [4.78, 5) is 12.0. The molecule has 2 atom stereocenters. The van der Waals surface area contributed by atoms with Crippen LogP contribution in [-0.4, -0.2) is 58.7 Å². The second-order valence-electron chi connectivity index (χ2n) is 11.6. The first-order valence-electron chi connectivity index (χ1n) is 15.7. The molecule has 11 heteroatoms. The summed E-state index contributed by atoms with van der Waals surface area (Å²) in [6, 6.07) is 21.5. The van der Waals surface area contributed by atoms with Gasteiger partial charge in [0.25, 0.3) is 0 Å². The third-order valence-corrected chi connectivity index (χ3v) is 9.05. The third kappa shape index (κ3) is 8.66. The van der Waals surface area contributed by atoms with Crippen LogP contribution in [0.5, 0.6) is 17.2 Å². The minimum Gasteiger partial charge on any atom is -0.493 e. The van der Waals surface area contributed by atoms with Crippen molar-refractivity contribution >= 4 is 21.5 Å². The number of rotatable bonds is 15. The number of hydrogen-bond donors (Lipinski definition) is 3. The molecule has 48 heavy (non-hydrogen) atoms. The van der Waals surface area contributed by atoms with Crippen molar-refractivity contribution in [1.29, 1.82) is 0 Å². The third-order valence-electron chi connectivity index (χ3n) is 7.89. The number of ether oxygens (including phenoxy) is 4. The largest absolute Gasteiger partial charge is 0.493 e. The Morgan fingerprint density at radius 2 is 1.60 bits per heavy atom. The Hall–Kier alpha value is -4.58. The van der Waals surface area contributed by atoms with E-state index >= 15 is 0 Å². The van der Waals surface area contributed by atoms with E-state index in [9.17, 15) is 18.3 Å². The average molecular weight is 677 g/mol. The van der Waals surface area contributed by atoms with Crippen molar-refractivity contribution in [3.05, 3.63) is 101 Å². The number of benzene rings is 4. The van der Waals surface area contributed by atoms with E-state index in [0.29, 0.717) is 31.1 Å². The van der Waals surface area contributed by atoms with Gasteiger partial charge >= 0.3 is 5.97 Å². The van der Waals surface area contributed by atoms with Crippen LogP contribution in [-0.2, 0) is 21.2 Å². The highest BCUT2D eigenvalue weighted by molar-refractivity contribution is 7.91.